The number of para-hydroxylation sites is 3. The van der Waals surface area contributed by atoms with Crippen molar-refractivity contribution in [3.63, 3.8) is 0 Å². The second-order valence-corrected chi connectivity index (χ2v) is 22.6. The van der Waals surface area contributed by atoms with Crippen LogP contribution in [0, 0.1) is 6.92 Å². The third kappa shape index (κ3) is 5.68. The van der Waals surface area contributed by atoms with Crippen molar-refractivity contribution < 1.29 is 0 Å². The molecule has 1 fully saturated rings. The second kappa shape index (κ2) is 13.9. The van der Waals surface area contributed by atoms with Crippen LogP contribution in [0.4, 0.5) is 51.2 Å². The minimum Gasteiger partial charge on any atom is -0.311 e. The van der Waals surface area contributed by atoms with Crippen molar-refractivity contribution in [1.29, 1.82) is 0 Å². The Labute approximate surface area is 352 Å². The van der Waals surface area contributed by atoms with E-state index in [1.54, 1.807) is 0 Å². The highest BCUT2D eigenvalue weighted by atomic mass is 28.3. The van der Waals surface area contributed by atoms with E-state index in [0.717, 1.165) is 0 Å². The summed E-state index contributed by atoms with van der Waals surface area (Å²) in [5, 5.41) is 2.98. The fourth-order valence-electron chi connectivity index (χ4n) is 11.0. The van der Waals surface area contributed by atoms with Crippen LogP contribution in [0.3, 0.4) is 0 Å². The lowest BCUT2D eigenvalue weighted by Crippen LogP contribution is -2.61. The standard InChI is InChI=1S/C54H52BN3Si/c1-36(2)39-25-32-45-49(33-39)58(43-30-28-42(29-31-43)57-47-19-11-13-21-52(47)59(4,5)53-22-14-12-20-48(53)57)51-35-40(38-15-7-6-8-16-38)34-50-54(51)55(45)44-17-9-10-18-46(44)56(50)41-26-23-37(3)24-27-41/h9-14,17-36,38H,6-8,15-16H2,1-5H3. The molecule has 0 atom stereocenters. The fraction of sp³-hybridized carbons (Fsp3) is 0.222. The Morgan fingerprint density at radius 1 is 0.508 bits per heavy atom. The van der Waals surface area contributed by atoms with Gasteiger partial charge in [0.2, 0.25) is 0 Å². The van der Waals surface area contributed by atoms with Crippen LogP contribution >= 0.6 is 0 Å². The molecule has 11 rings (SSSR count). The van der Waals surface area contributed by atoms with Crippen LogP contribution in [-0.4, -0.2) is 14.8 Å². The first kappa shape index (κ1) is 36.3. The summed E-state index contributed by atoms with van der Waals surface area (Å²) in [5.41, 5.74) is 19.7. The van der Waals surface area contributed by atoms with E-state index in [0.29, 0.717) is 11.8 Å². The van der Waals surface area contributed by atoms with Gasteiger partial charge in [0, 0.05) is 51.2 Å². The summed E-state index contributed by atoms with van der Waals surface area (Å²) in [7, 11) is -1.88. The number of rotatable bonds is 5. The molecule has 0 radical (unpaired) electrons. The van der Waals surface area contributed by atoms with Crippen LogP contribution in [0.2, 0.25) is 13.1 Å². The average molecular weight is 782 g/mol. The van der Waals surface area contributed by atoms with Gasteiger partial charge in [-0.1, -0.05) is 131 Å². The van der Waals surface area contributed by atoms with E-state index in [1.165, 1.54) is 127 Å². The van der Waals surface area contributed by atoms with E-state index in [-0.39, 0.29) is 6.71 Å². The lowest BCUT2D eigenvalue weighted by atomic mass is 9.33. The van der Waals surface area contributed by atoms with Gasteiger partial charge < -0.3 is 14.7 Å². The average Bonchev–Trinajstić information content (AvgIpc) is 3.27. The Kier molecular flexibility index (Phi) is 8.57. The van der Waals surface area contributed by atoms with Crippen molar-refractivity contribution in [2.75, 3.05) is 14.7 Å². The molecule has 0 amide bonds. The molecule has 290 valence electrons. The van der Waals surface area contributed by atoms with Gasteiger partial charge in [-0.25, -0.2) is 0 Å². The highest BCUT2D eigenvalue weighted by Gasteiger charge is 2.44. The SMILES string of the molecule is Cc1ccc(N2c3ccccc3B3c4ccc(C(C)C)cc4N(c4ccc(N5c6ccccc6[Si](C)(C)c6ccccc65)cc4)c4cc(C5CCCCC5)cc2c43)cc1. The Morgan fingerprint density at radius 3 is 1.59 bits per heavy atom. The van der Waals surface area contributed by atoms with E-state index in [4.69, 9.17) is 0 Å². The number of anilines is 9. The normalized spacial score (nSPS) is 16.3. The Balaban J connectivity index is 1.14. The first-order valence-corrected chi connectivity index (χ1v) is 24.9. The van der Waals surface area contributed by atoms with Gasteiger partial charge in [-0.3, -0.25) is 0 Å². The lowest BCUT2D eigenvalue weighted by molar-refractivity contribution is 0.444. The summed E-state index contributed by atoms with van der Waals surface area (Å²) in [6, 6.07) is 58.6. The summed E-state index contributed by atoms with van der Waals surface area (Å²) in [4.78, 5) is 7.70. The third-order valence-corrected chi connectivity index (χ3v) is 17.6. The van der Waals surface area contributed by atoms with Gasteiger partial charge in [-0.2, -0.15) is 0 Å². The minimum absolute atomic E-state index is 0.124. The summed E-state index contributed by atoms with van der Waals surface area (Å²) in [5.74, 6) is 0.971. The highest BCUT2D eigenvalue weighted by Crippen LogP contribution is 2.48. The lowest BCUT2D eigenvalue weighted by Gasteiger charge is -2.45. The number of aryl methyl sites for hydroxylation is 1. The van der Waals surface area contributed by atoms with Crippen molar-refractivity contribution in [2.24, 2.45) is 0 Å². The molecule has 59 heavy (non-hydrogen) atoms. The van der Waals surface area contributed by atoms with Gasteiger partial charge in [-0.15, -0.1) is 0 Å². The van der Waals surface area contributed by atoms with Crippen LogP contribution in [0.15, 0.2) is 152 Å². The predicted molar refractivity (Wildman–Crippen MR) is 257 cm³/mol. The largest absolute Gasteiger partial charge is 0.311 e. The molecule has 7 aromatic carbocycles. The molecule has 0 saturated heterocycles. The number of nitrogens with zero attached hydrogens (tertiary/aromatic N) is 3. The highest BCUT2D eigenvalue weighted by molar-refractivity contribution is 7.03. The maximum atomic E-state index is 2.63. The molecule has 1 saturated carbocycles. The van der Waals surface area contributed by atoms with Gasteiger partial charge in [0.05, 0.1) is 0 Å². The minimum atomic E-state index is -1.88. The zero-order valence-electron chi connectivity index (χ0n) is 35.0. The zero-order chi connectivity index (χ0) is 40.0. The summed E-state index contributed by atoms with van der Waals surface area (Å²) in [6.07, 6.45) is 6.46. The number of hydrogen-bond acceptors (Lipinski definition) is 3. The van der Waals surface area contributed by atoms with Crippen LogP contribution < -0.4 is 41.5 Å². The Hall–Kier alpha value is -5.78. The molecular formula is C54H52BN3Si. The monoisotopic (exact) mass is 781 g/mol. The zero-order valence-corrected chi connectivity index (χ0v) is 36.0. The number of benzene rings is 7. The van der Waals surface area contributed by atoms with E-state index in [9.17, 15) is 0 Å². The molecular weight excluding hydrogens is 730 g/mol. The Bertz CT molecular complexity index is 2700. The van der Waals surface area contributed by atoms with Gasteiger partial charge in [-0.05, 0) is 142 Å². The molecule has 0 bridgehead atoms. The molecule has 3 aliphatic heterocycles. The number of hydrogen-bond donors (Lipinski definition) is 0. The quantitative estimate of drug-likeness (QED) is 0.161. The smallest absolute Gasteiger partial charge is 0.252 e. The van der Waals surface area contributed by atoms with E-state index in [1.807, 2.05) is 0 Å². The molecule has 0 spiro atoms. The van der Waals surface area contributed by atoms with Gasteiger partial charge in [0.25, 0.3) is 6.71 Å². The summed E-state index contributed by atoms with van der Waals surface area (Å²) >= 11 is 0. The molecule has 7 aromatic rings. The van der Waals surface area contributed by atoms with Crippen molar-refractivity contribution in [3.8, 4) is 0 Å². The summed E-state index contributed by atoms with van der Waals surface area (Å²) < 4.78 is 0. The Morgan fingerprint density at radius 2 is 1.00 bits per heavy atom. The van der Waals surface area contributed by atoms with Crippen molar-refractivity contribution in [1.82, 2.24) is 0 Å². The maximum Gasteiger partial charge on any atom is 0.252 e. The molecule has 3 nitrogen and oxygen atoms in total. The second-order valence-electron chi connectivity index (χ2n) is 18.3. The van der Waals surface area contributed by atoms with Crippen molar-refractivity contribution >= 4 is 92.7 Å². The van der Waals surface area contributed by atoms with Crippen LogP contribution in [-0.2, 0) is 0 Å². The van der Waals surface area contributed by atoms with E-state index >= 15 is 0 Å². The third-order valence-electron chi connectivity index (χ3n) is 14.1. The molecule has 0 aromatic heterocycles. The molecule has 1 aliphatic carbocycles. The topological polar surface area (TPSA) is 9.72 Å². The molecule has 4 aliphatic rings. The van der Waals surface area contributed by atoms with Crippen molar-refractivity contribution in [2.45, 2.75) is 77.8 Å². The van der Waals surface area contributed by atoms with E-state index < -0.39 is 8.07 Å². The van der Waals surface area contributed by atoms with Crippen molar-refractivity contribution in [3.05, 3.63) is 168 Å². The van der Waals surface area contributed by atoms with Gasteiger partial charge in [0.1, 0.15) is 8.07 Å². The van der Waals surface area contributed by atoms with Crippen LogP contribution in [0.25, 0.3) is 0 Å². The molecule has 0 unspecified atom stereocenters. The number of fused-ring (bicyclic) bond motifs is 6. The van der Waals surface area contributed by atoms with Crippen LogP contribution in [0.1, 0.15) is 74.5 Å². The molecule has 0 N–H and O–H groups in total. The van der Waals surface area contributed by atoms with Crippen LogP contribution in [0.5, 0.6) is 0 Å². The first-order valence-electron chi connectivity index (χ1n) is 21.9. The molecule has 5 heteroatoms. The fourth-order valence-corrected chi connectivity index (χ4v) is 13.9. The van der Waals surface area contributed by atoms with E-state index in [2.05, 4.69) is 200 Å². The first-order chi connectivity index (χ1) is 28.8. The molecule has 3 heterocycles. The maximum absolute atomic E-state index is 2.63. The van der Waals surface area contributed by atoms with Gasteiger partial charge >= 0.3 is 0 Å². The predicted octanol–water partition coefficient (Wildman–Crippen LogP) is 11.9. The van der Waals surface area contributed by atoms with Gasteiger partial charge in [0.15, 0.2) is 0 Å². The summed E-state index contributed by atoms with van der Waals surface area (Å²) in [6.45, 7) is 12.0.